The smallest absolute Gasteiger partial charge is 0.291 e. The summed E-state index contributed by atoms with van der Waals surface area (Å²) < 4.78 is 1.03. The summed E-state index contributed by atoms with van der Waals surface area (Å²) in [5.41, 5.74) is 2.47. The molecule has 0 spiro atoms. The van der Waals surface area contributed by atoms with Crippen molar-refractivity contribution in [2.75, 3.05) is 0 Å². The summed E-state index contributed by atoms with van der Waals surface area (Å²) in [5.74, 6) is -0.231. The monoisotopic (exact) mass is 370 g/mol. The molecule has 0 aliphatic heterocycles. The quantitative estimate of drug-likeness (QED) is 0.765. The van der Waals surface area contributed by atoms with Gasteiger partial charge >= 0.3 is 0 Å². The summed E-state index contributed by atoms with van der Waals surface area (Å²) in [6, 6.07) is 15.2. The van der Waals surface area contributed by atoms with Crippen LogP contribution in [0.15, 0.2) is 53.0 Å². The first-order valence-electron chi connectivity index (χ1n) is 7.27. The summed E-state index contributed by atoms with van der Waals surface area (Å²) in [5, 5.41) is 10.8. The van der Waals surface area contributed by atoms with Crippen molar-refractivity contribution in [3.05, 3.63) is 64.4 Å². The molecule has 1 aromatic heterocycles. The van der Waals surface area contributed by atoms with Crippen LogP contribution in [0.4, 0.5) is 0 Å². The molecule has 0 aliphatic rings. The zero-order chi connectivity index (χ0) is 16.2. The Balaban J connectivity index is 1.71. The molecule has 1 heterocycles. The van der Waals surface area contributed by atoms with Crippen LogP contribution in [-0.2, 0) is 6.42 Å². The number of para-hydroxylation sites is 1. The average molecular weight is 371 g/mol. The molecule has 3 rings (SSSR count). The number of halogens is 1. The zero-order valence-electron chi connectivity index (χ0n) is 12.5. The van der Waals surface area contributed by atoms with Crippen molar-refractivity contribution < 1.29 is 4.79 Å². The average Bonchev–Trinajstić information content (AvgIpc) is 2.56. The first-order chi connectivity index (χ1) is 11.1. The second-order valence-corrected chi connectivity index (χ2v) is 6.15. The number of nitrogens with one attached hydrogen (secondary N) is 1. The maximum atomic E-state index is 12.3. The van der Waals surface area contributed by atoms with Gasteiger partial charge in [-0.2, -0.15) is 0 Å². The van der Waals surface area contributed by atoms with Crippen LogP contribution in [0.25, 0.3) is 11.0 Å². The first-order valence-corrected chi connectivity index (χ1v) is 8.06. The Morgan fingerprint density at radius 2 is 1.78 bits per heavy atom. The van der Waals surface area contributed by atoms with Gasteiger partial charge in [0, 0.05) is 10.5 Å². The molecule has 0 saturated heterocycles. The molecule has 0 saturated carbocycles. The normalized spacial score (nSPS) is 12.1. The van der Waals surface area contributed by atoms with Crippen molar-refractivity contribution in [3.8, 4) is 0 Å². The Labute approximate surface area is 142 Å². The van der Waals surface area contributed by atoms with Crippen LogP contribution in [0.1, 0.15) is 23.1 Å². The molecule has 0 fully saturated rings. The van der Waals surface area contributed by atoms with Crippen molar-refractivity contribution in [1.82, 2.24) is 20.5 Å². The summed E-state index contributed by atoms with van der Waals surface area (Å²) in [7, 11) is 0. The second-order valence-electron chi connectivity index (χ2n) is 5.29. The van der Waals surface area contributed by atoms with E-state index in [1.54, 1.807) is 0 Å². The highest BCUT2D eigenvalue weighted by Crippen LogP contribution is 2.17. The molecule has 5 nitrogen and oxygen atoms in total. The highest BCUT2D eigenvalue weighted by molar-refractivity contribution is 9.10. The van der Waals surface area contributed by atoms with E-state index in [1.807, 2.05) is 55.5 Å². The second kappa shape index (κ2) is 6.83. The number of benzene rings is 2. The molecule has 116 valence electrons. The van der Waals surface area contributed by atoms with Gasteiger partial charge in [-0.05, 0) is 37.1 Å². The number of nitrogens with zero attached hydrogens (tertiary/aromatic N) is 3. The fourth-order valence-corrected chi connectivity index (χ4v) is 2.76. The molecule has 1 unspecified atom stereocenters. The number of carbonyl (C=O) groups excluding carboxylic acids is 1. The lowest BCUT2D eigenvalue weighted by atomic mass is 10.1. The molecule has 23 heavy (non-hydrogen) atoms. The van der Waals surface area contributed by atoms with Crippen molar-refractivity contribution in [2.24, 2.45) is 0 Å². The van der Waals surface area contributed by atoms with Crippen LogP contribution < -0.4 is 5.32 Å². The predicted octanol–water partition coefficient (Wildman–Crippen LogP) is 3.15. The minimum Gasteiger partial charge on any atom is -0.346 e. The lowest BCUT2D eigenvalue weighted by molar-refractivity contribution is 0.0929. The zero-order valence-corrected chi connectivity index (χ0v) is 14.1. The number of fused-ring (bicyclic) bond motifs is 1. The summed E-state index contributed by atoms with van der Waals surface area (Å²) in [6.45, 7) is 1.95. The van der Waals surface area contributed by atoms with Crippen LogP contribution >= 0.6 is 15.9 Å². The van der Waals surface area contributed by atoms with Gasteiger partial charge in [0.15, 0.2) is 0 Å². The van der Waals surface area contributed by atoms with Crippen molar-refractivity contribution in [2.45, 2.75) is 19.4 Å². The van der Waals surface area contributed by atoms with E-state index in [4.69, 9.17) is 0 Å². The summed E-state index contributed by atoms with van der Waals surface area (Å²) >= 11 is 3.52. The molecule has 1 atom stereocenters. The van der Waals surface area contributed by atoms with Crippen LogP contribution in [0, 0.1) is 0 Å². The fourth-order valence-electron chi connectivity index (χ4n) is 2.31. The van der Waals surface area contributed by atoms with E-state index in [0.29, 0.717) is 17.5 Å². The number of carbonyl (C=O) groups is 1. The molecule has 1 amide bonds. The Morgan fingerprint density at radius 1 is 1.09 bits per heavy atom. The molecule has 2 aromatic carbocycles. The lowest BCUT2D eigenvalue weighted by Gasteiger charge is -2.14. The van der Waals surface area contributed by atoms with Gasteiger partial charge in [0.05, 0.1) is 5.52 Å². The van der Waals surface area contributed by atoms with Crippen LogP contribution in [0.5, 0.6) is 0 Å². The summed E-state index contributed by atoms with van der Waals surface area (Å²) in [6.07, 6.45) is 0.716. The molecular weight excluding hydrogens is 356 g/mol. The predicted molar refractivity (Wildman–Crippen MR) is 92.1 cm³/mol. The highest BCUT2D eigenvalue weighted by atomic mass is 79.9. The van der Waals surface area contributed by atoms with Crippen LogP contribution in [0.3, 0.4) is 0 Å². The molecule has 1 N–H and O–H groups in total. The van der Waals surface area contributed by atoms with Crippen molar-refractivity contribution in [1.29, 1.82) is 0 Å². The van der Waals surface area contributed by atoms with E-state index in [0.717, 1.165) is 10.0 Å². The minimum absolute atomic E-state index is 0.0451. The Morgan fingerprint density at radius 3 is 2.57 bits per heavy atom. The maximum absolute atomic E-state index is 12.3. The van der Waals surface area contributed by atoms with Gasteiger partial charge in [-0.25, -0.2) is 4.98 Å². The lowest BCUT2D eigenvalue weighted by Crippen LogP contribution is -2.35. The van der Waals surface area contributed by atoms with E-state index in [-0.39, 0.29) is 17.8 Å². The molecule has 0 radical (unpaired) electrons. The Hall–Kier alpha value is -2.34. The molecule has 6 heteroatoms. The molecule has 3 aromatic rings. The van der Waals surface area contributed by atoms with E-state index < -0.39 is 0 Å². The van der Waals surface area contributed by atoms with Gasteiger partial charge in [0.2, 0.25) is 5.82 Å². The molecular formula is C17H15BrN4O. The van der Waals surface area contributed by atoms with Gasteiger partial charge in [0.1, 0.15) is 5.52 Å². The third-order valence-electron chi connectivity index (χ3n) is 3.43. The summed E-state index contributed by atoms with van der Waals surface area (Å²) in [4.78, 5) is 16.5. The number of hydrogen-bond acceptors (Lipinski definition) is 4. The van der Waals surface area contributed by atoms with Gasteiger partial charge in [-0.3, -0.25) is 4.79 Å². The maximum Gasteiger partial charge on any atom is 0.291 e. The third-order valence-corrected chi connectivity index (χ3v) is 4.20. The standard InChI is InChI=1S/C17H15BrN4O/c1-11(10-12-6-2-3-7-13(12)18)19-17(23)16-20-14-8-4-5-9-15(14)21-22-16/h2-9,11H,10H2,1H3,(H,19,23). The van der Waals surface area contributed by atoms with E-state index >= 15 is 0 Å². The van der Waals surface area contributed by atoms with Gasteiger partial charge in [0.25, 0.3) is 5.91 Å². The topological polar surface area (TPSA) is 67.8 Å². The van der Waals surface area contributed by atoms with Crippen LogP contribution in [-0.4, -0.2) is 27.1 Å². The van der Waals surface area contributed by atoms with Gasteiger partial charge < -0.3 is 5.32 Å². The third kappa shape index (κ3) is 3.71. The Kier molecular flexibility index (Phi) is 4.62. The molecule has 0 aliphatic carbocycles. The number of rotatable bonds is 4. The van der Waals surface area contributed by atoms with E-state index in [1.165, 1.54) is 0 Å². The number of hydrogen-bond donors (Lipinski definition) is 1. The fraction of sp³-hybridized carbons (Fsp3) is 0.176. The van der Waals surface area contributed by atoms with Gasteiger partial charge in [-0.1, -0.05) is 46.3 Å². The largest absolute Gasteiger partial charge is 0.346 e. The number of aromatic nitrogens is 3. The minimum atomic E-state index is -0.317. The van der Waals surface area contributed by atoms with Crippen molar-refractivity contribution in [3.63, 3.8) is 0 Å². The SMILES string of the molecule is CC(Cc1ccccc1Br)NC(=O)c1nnc2ccccc2n1. The van der Waals surface area contributed by atoms with Crippen molar-refractivity contribution >= 4 is 32.9 Å². The molecule has 0 bridgehead atoms. The van der Waals surface area contributed by atoms with E-state index in [9.17, 15) is 4.79 Å². The van der Waals surface area contributed by atoms with Gasteiger partial charge in [-0.15, -0.1) is 10.2 Å². The van der Waals surface area contributed by atoms with Crippen LogP contribution in [0.2, 0.25) is 0 Å². The Bertz CT molecular complexity index is 853. The first kappa shape index (κ1) is 15.6. The number of amides is 1. The van der Waals surface area contributed by atoms with E-state index in [2.05, 4.69) is 36.4 Å². The highest BCUT2D eigenvalue weighted by Gasteiger charge is 2.15.